The highest BCUT2D eigenvalue weighted by atomic mass is 32.2. The van der Waals surface area contributed by atoms with Gasteiger partial charge in [-0.15, -0.1) is 10.2 Å². The van der Waals surface area contributed by atoms with E-state index in [1.165, 1.54) is 29.5 Å². The Kier molecular flexibility index (Phi) is 6.46. The van der Waals surface area contributed by atoms with Gasteiger partial charge in [0.05, 0.1) is 18.7 Å². The second kappa shape index (κ2) is 9.41. The van der Waals surface area contributed by atoms with Crippen LogP contribution in [0.5, 0.6) is 0 Å². The Bertz CT molecular complexity index is 1020. The lowest BCUT2D eigenvalue weighted by Gasteiger charge is -2.16. The van der Waals surface area contributed by atoms with Crippen molar-refractivity contribution in [3.63, 3.8) is 0 Å². The van der Waals surface area contributed by atoms with Crippen LogP contribution in [0.25, 0.3) is 11.4 Å². The summed E-state index contributed by atoms with van der Waals surface area (Å²) in [6.07, 6.45) is 2.74. The summed E-state index contributed by atoms with van der Waals surface area (Å²) in [5.74, 6) is 0.376. The van der Waals surface area contributed by atoms with Crippen LogP contribution in [0.15, 0.2) is 53.7 Å². The Balaban J connectivity index is 1.60. The van der Waals surface area contributed by atoms with E-state index in [-0.39, 0.29) is 17.2 Å². The summed E-state index contributed by atoms with van der Waals surface area (Å²) >= 11 is 1.41. The Morgan fingerprint density at radius 1 is 1.20 bits per heavy atom. The minimum Gasteiger partial charge on any atom is -0.376 e. The van der Waals surface area contributed by atoms with Crippen LogP contribution in [0.1, 0.15) is 24.0 Å². The number of nitrogens with zero attached hydrogens (tertiary/aromatic N) is 4. The van der Waals surface area contributed by atoms with Gasteiger partial charge in [-0.1, -0.05) is 41.6 Å². The molecule has 30 heavy (non-hydrogen) atoms. The number of hydrogen-bond acceptors (Lipinski definition) is 5. The van der Waals surface area contributed by atoms with Gasteiger partial charge in [-0.2, -0.15) is 5.26 Å². The van der Waals surface area contributed by atoms with E-state index in [4.69, 9.17) is 4.74 Å². The molecule has 0 saturated carbocycles. The minimum atomic E-state index is -0.291. The standard InChI is InChI=1S/C23H23FN4OS/c1-16-4-6-17(7-5-16)13-21(14-25)30-23-27-26-22(18-8-10-19(24)11-9-18)28(23)15-20-3-2-12-29-20/h4-11,20-21H,2-3,12-13,15H2,1H3. The van der Waals surface area contributed by atoms with Gasteiger partial charge in [0.25, 0.3) is 0 Å². The van der Waals surface area contributed by atoms with E-state index in [1.54, 1.807) is 12.1 Å². The van der Waals surface area contributed by atoms with E-state index in [1.807, 2.05) is 11.5 Å². The van der Waals surface area contributed by atoms with Crippen molar-refractivity contribution in [3.8, 4) is 17.5 Å². The van der Waals surface area contributed by atoms with Crippen molar-refractivity contribution >= 4 is 11.8 Å². The molecule has 5 nitrogen and oxygen atoms in total. The summed E-state index contributed by atoms with van der Waals surface area (Å²) in [4.78, 5) is 0. The first-order valence-corrected chi connectivity index (χ1v) is 10.9. The van der Waals surface area contributed by atoms with Crippen molar-refractivity contribution in [1.82, 2.24) is 14.8 Å². The second-order valence-electron chi connectivity index (χ2n) is 7.48. The lowest BCUT2D eigenvalue weighted by atomic mass is 10.1. The van der Waals surface area contributed by atoms with Crippen LogP contribution in [0.3, 0.4) is 0 Å². The van der Waals surface area contributed by atoms with Crippen LogP contribution in [-0.4, -0.2) is 32.7 Å². The summed E-state index contributed by atoms with van der Waals surface area (Å²) < 4.78 is 21.2. The average Bonchev–Trinajstić information content (AvgIpc) is 3.41. The first-order chi connectivity index (χ1) is 14.6. The topological polar surface area (TPSA) is 63.7 Å². The van der Waals surface area contributed by atoms with E-state index in [0.29, 0.717) is 23.9 Å². The smallest absolute Gasteiger partial charge is 0.192 e. The van der Waals surface area contributed by atoms with Crippen molar-refractivity contribution in [3.05, 3.63) is 65.5 Å². The molecule has 2 unspecified atom stereocenters. The van der Waals surface area contributed by atoms with Gasteiger partial charge in [0.1, 0.15) is 11.1 Å². The van der Waals surface area contributed by atoms with Gasteiger partial charge in [0, 0.05) is 12.2 Å². The zero-order valence-corrected chi connectivity index (χ0v) is 17.6. The van der Waals surface area contributed by atoms with E-state index < -0.39 is 0 Å². The van der Waals surface area contributed by atoms with Gasteiger partial charge in [0.15, 0.2) is 11.0 Å². The molecule has 1 aliphatic rings. The number of thioether (sulfide) groups is 1. The summed E-state index contributed by atoms with van der Waals surface area (Å²) in [7, 11) is 0. The normalized spacial score (nSPS) is 17.0. The van der Waals surface area contributed by atoms with Crippen molar-refractivity contribution in [2.75, 3.05) is 6.61 Å². The van der Waals surface area contributed by atoms with Gasteiger partial charge in [-0.3, -0.25) is 4.57 Å². The molecule has 4 rings (SSSR count). The molecule has 2 aromatic carbocycles. The molecule has 3 aromatic rings. The third kappa shape index (κ3) is 4.89. The molecule has 2 atom stereocenters. The van der Waals surface area contributed by atoms with Crippen LogP contribution in [0.2, 0.25) is 0 Å². The van der Waals surface area contributed by atoms with E-state index in [2.05, 4.69) is 40.5 Å². The number of hydrogen-bond donors (Lipinski definition) is 0. The molecule has 154 valence electrons. The largest absolute Gasteiger partial charge is 0.376 e. The zero-order valence-electron chi connectivity index (χ0n) is 16.8. The average molecular weight is 423 g/mol. The molecule has 0 aliphatic carbocycles. The quantitative estimate of drug-likeness (QED) is 0.512. The number of nitriles is 1. The van der Waals surface area contributed by atoms with E-state index in [0.717, 1.165) is 30.6 Å². The fourth-order valence-electron chi connectivity index (χ4n) is 3.52. The molecule has 1 aliphatic heterocycles. The first-order valence-electron chi connectivity index (χ1n) is 10.0. The third-order valence-electron chi connectivity index (χ3n) is 5.16. The molecule has 0 amide bonds. The molecule has 1 saturated heterocycles. The van der Waals surface area contributed by atoms with Crippen LogP contribution < -0.4 is 0 Å². The lowest BCUT2D eigenvalue weighted by molar-refractivity contribution is 0.0953. The molecule has 7 heteroatoms. The number of rotatable bonds is 7. The molecule has 0 radical (unpaired) electrons. The fourth-order valence-corrected chi connectivity index (χ4v) is 4.48. The summed E-state index contributed by atoms with van der Waals surface area (Å²) in [6.45, 7) is 3.42. The maximum atomic E-state index is 13.4. The van der Waals surface area contributed by atoms with E-state index >= 15 is 0 Å². The molecule has 0 bridgehead atoms. The Morgan fingerprint density at radius 3 is 2.63 bits per heavy atom. The molecule has 0 spiro atoms. The molecular weight excluding hydrogens is 399 g/mol. The Labute approximate surface area is 179 Å². The maximum Gasteiger partial charge on any atom is 0.192 e. The second-order valence-corrected chi connectivity index (χ2v) is 8.65. The number of aryl methyl sites for hydroxylation is 1. The number of halogens is 1. The minimum absolute atomic E-state index is 0.0946. The number of benzene rings is 2. The van der Waals surface area contributed by atoms with E-state index in [9.17, 15) is 9.65 Å². The zero-order chi connectivity index (χ0) is 20.9. The van der Waals surface area contributed by atoms with Crippen LogP contribution in [0.4, 0.5) is 4.39 Å². The maximum absolute atomic E-state index is 13.4. The Morgan fingerprint density at radius 2 is 1.97 bits per heavy atom. The van der Waals surface area contributed by atoms with Crippen LogP contribution >= 0.6 is 11.8 Å². The predicted octanol–water partition coefficient (Wildman–Crippen LogP) is 4.80. The molecular formula is C23H23FN4OS. The highest BCUT2D eigenvalue weighted by Crippen LogP contribution is 2.30. The fraction of sp³-hybridized carbons (Fsp3) is 0.348. The first kappa shape index (κ1) is 20.6. The van der Waals surface area contributed by atoms with Gasteiger partial charge in [-0.25, -0.2) is 4.39 Å². The summed E-state index contributed by atoms with van der Waals surface area (Å²) in [6, 6.07) is 16.9. The molecule has 2 heterocycles. The highest BCUT2D eigenvalue weighted by Gasteiger charge is 2.24. The number of ether oxygens (including phenoxy) is 1. The molecule has 1 aromatic heterocycles. The van der Waals surface area contributed by atoms with Gasteiger partial charge in [0.2, 0.25) is 0 Å². The van der Waals surface area contributed by atoms with Crippen molar-refractivity contribution in [1.29, 1.82) is 5.26 Å². The summed E-state index contributed by atoms with van der Waals surface area (Å²) in [5, 5.41) is 18.9. The van der Waals surface area contributed by atoms with Gasteiger partial charge < -0.3 is 4.74 Å². The van der Waals surface area contributed by atoms with Crippen molar-refractivity contribution < 1.29 is 9.13 Å². The monoisotopic (exact) mass is 422 g/mol. The number of aromatic nitrogens is 3. The summed E-state index contributed by atoms with van der Waals surface area (Å²) in [5.41, 5.74) is 3.10. The van der Waals surface area contributed by atoms with Gasteiger partial charge >= 0.3 is 0 Å². The molecule has 1 fully saturated rings. The highest BCUT2D eigenvalue weighted by molar-refractivity contribution is 8.00. The SMILES string of the molecule is Cc1ccc(CC(C#N)Sc2nnc(-c3ccc(F)cc3)n2CC2CCCO2)cc1. The lowest BCUT2D eigenvalue weighted by Crippen LogP contribution is -2.17. The Hall–Kier alpha value is -2.69. The predicted molar refractivity (Wildman–Crippen MR) is 115 cm³/mol. The van der Waals surface area contributed by atoms with Crippen molar-refractivity contribution in [2.24, 2.45) is 0 Å². The third-order valence-corrected chi connectivity index (χ3v) is 6.23. The van der Waals surface area contributed by atoms with Crippen LogP contribution in [0, 0.1) is 24.1 Å². The van der Waals surface area contributed by atoms with Crippen LogP contribution in [-0.2, 0) is 17.7 Å². The van der Waals surface area contributed by atoms with Crippen molar-refractivity contribution in [2.45, 2.75) is 49.2 Å². The van der Waals surface area contributed by atoms with Gasteiger partial charge in [-0.05, 0) is 56.0 Å². The molecule has 0 N–H and O–H groups in total.